The van der Waals surface area contributed by atoms with Crippen molar-refractivity contribution in [3.05, 3.63) is 60.8 Å². The SMILES string of the molecule is CC/C=C\C/C=C\C/C=C\C/C=C\CCCCCCCCCCCCCCCCCCCCCCC(=O)OCC(COC(=O)CCCCCCCCCCCCCCC)OC(=O)CCCCCCC/C=C\CCCCCC. The molecule has 0 aliphatic heterocycles. The summed E-state index contributed by atoms with van der Waals surface area (Å²) in [4.78, 5) is 38.2. The smallest absolute Gasteiger partial charge is 0.306 e. The second kappa shape index (κ2) is 65.6. The van der Waals surface area contributed by atoms with Crippen molar-refractivity contribution in [2.75, 3.05) is 13.2 Å². The molecule has 0 saturated heterocycles. The first-order valence-electron chi connectivity index (χ1n) is 33.8. The van der Waals surface area contributed by atoms with Crippen molar-refractivity contribution in [1.29, 1.82) is 0 Å². The van der Waals surface area contributed by atoms with Gasteiger partial charge in [0, 0.05) is 19.3 Å². The van der Waals surface area contributed by atoms with E-state index in [1.807, 2.05) is 0 Å². The third-order valence-corrected chi connectivity index (χ3v) is 15.0. The highest BCUT2D eigenvalue weighted by atomic mass is 16.6. The van der Waals surface area contributed by atoms with E-state index in [0.29, 0.717) is 19.3 Å². The molecule has 0 aromatic carbocycles. The lowest BCUT2D eigenvalue weighted by Gasteiger charge is -2.18. The van der Waals surface area contributed by atoms with Crippen LogP contribution < -0.4 is 0 Å². The van der Waals surface area contributed by atoms with Crippen molar-refractivity contribution < 1.29 is 28.6 Å². The Morgan fingerprint density at radius 1 is 0.273 bits per heavy atom. The lowest BCUT2D eigenvalue weighted by Crippen LogP contribution is -2.30. The predicted molar refractivity (Wildman–Crippen MR) is 335 cm³/mol. The van der Waals surface area contributed by atoms with Gasteiger partial charge in [0.2, 0.25) is 0 Å². The van der Waals surface area contributed by atoms with Crippen molar-refractivity contribution in [3.63, 3.8) is 0 Å². The van der Waals surface area contributed by atoms with Crippen LogP contribution in [0.2, 0.25) is 0 Å². The number of carbonyl (C=O) groups excluding carboxylic acids is 3. The molecular formula is C71H128O6. The molecule has 0 spiro atoms. The first-order valence-corrected chi connectivity index (χ1v) is 33.8. The molecule has 0 aliphatic carbocycles. The van der Waals surface area contributed by atoms with Gasteiger partial charge in [-0.2, -0.15) is 0 Å². The number of ether oxygens (including phenoxy) is 3. The summed E-state index contributed by atoms with van der Waals surface area (Å²) in [5.41, 5.74) is 0. The number of allylic oxidation sites excluding steroid dienone is 10. The van der Waals surface area contributed by atoms with Gasteiger partial charge in [0.15, 0.2) is 6.10 Å². The molecule has 1 atom stereocenters. The minimum absolute atomic E-state index is 0.0711. The Morgan fingerprint density at radius 3 is 0.818 bits per heavy atom. The van der Waals surface area contributed by atoms with Crippen molar-refractivity contribution in [1.82, 2.24) is 0 Å². The Labute approximate surface area is 479 Å². The van der Waals surface area contributed by atoms with Gasteiger partial charge in [-0.05, 0) is 83.5 Å². The number of carbonyl (C=O) groups is 3. The van der Waals surface area contributed by atoms with Gasteiger partial charge in [-0.1, -0.05) is 313 Å². The molecule has 448 valence electrons. The molecule has 0 aromatic heterocycles. The lowest BCUT2D eigenvalue weighted by atomic mass is 10.0. The van der Waals surface area contributed by atoms with Gasteiger partial charge in [-0.25, -0.2) is 0 Å². The van der Waals surface area contributed by atoms with E-state index in [-0.39, 0.29) is 31.1 Å². The Kier molecular flexibility index (Phi) is 63.2. The summed E-state index contributed by atoms with van der Waals surface area (Å²) in [6.45, 7) is 6.55. The van der Waals surface area contributed by atoms with Crippen molar-refractivity contribution >= 4 is 17.9 Å². The Morgan fingerprint density at radius 2 is 0.506 bits per heavy atom. The summed E-state index contributed by atoms with van der Waals surface area (Å²) < 4.78 is 16.9. The largest absolute Gasteiger partial charge is 0.462 e. The molecule has 0 radical (unpaired) electrons. The minimum atomic E-state index is -0.774. The van der Waals surface area contributed by atoms with Crippen LogP contribution in [0.1, 0.15) is 355 Å². The van der Waals surface area contributed by atoms with E-state index in [1.165, 1.54) is 225 Å². The first kappa shape index (κ1) is 74.1. The second-order valence-corrected chi connectivity index (χ2v) is 22.7. The number of hydrogen-bond donors (Lipinski definition) is 0. The van der Waals surface area contributed by atoms with Gasteiger partial charge < -0.3 is 14.2 Å². The molecule has 1 unspecified atom stereocenters. The van der Waals surface area contributed by atoms with E-state index in [2.05, 4.69) is 81.5 Å². The van der Waals surface area contributed by atoms with Gasteiger partial charge in [0.1, 0.15) is 13.2 Å². The summed E-state index contributed by atoms with van der Waals surface area (Å²) in [6.07, 6.45) is 84.0. The molecule has 6 nitrogen and oxygen atoms in total. The molecule has 0 aliphatic rings. The van der Waals surface area contributed by atoms with E-state index < -0.39 is 6.10 Å². The van der Waals surface area contributed by atoms with Crippen LogP contribution in [0, 0.1) is 0 Å². The zero-order chi connectivity index (χ0) is 55.7. The van der Waals surface area contributed by atoms with Crippen molar-refractivity contribution in [2.45, 2.75) is 361 Å². The molecule has 0 N–H and O–H groups in total. The van der Waals surface area contributed by atoms with Gasteiger partial charge in [0.05, 0.1) is 0 Å². The van der Waals surface area contributed by atoms with E-state index >= 15 is 0 Å². The van der Waals surface area contributed by atoms with E-state index in [4.69, 9.17) is 14.2 Å². The van der Waals surface area contributed by atoms with Crippen LogP contribution in [-0.4, -0.2) is 37.2 Å². The third-order valence-electron chi connectivity index (χ3n) is 15.0. The molecule has 77 heavy (non-hydrogen) atoms. The van der Waals surface area contributed by atoms with Crippen LogP contribution >= 0.6 is 0 Å². The van der Waals surface area contributed by atoms with Crippen molar-refractivity contribution in [2.24, 2.45) is 0 Å². The van der Waals surface area contributed by atoms with E-state index in [9.17, 15) is 14.4 Å². The van der Waals surface area contributed by atoms with Crippen LogP contribution in [0.15, 0.2) is 60.8 Å². The van der Waals surface area contributed by atoms with Gasteiger partial charge >= 0.3 is 17.9 Å². The standard InChI is InChI=1S/C71H128O6/c1-4-7-10-13-16-19-22-25-26-27-28-29-30-31-32-33-34-35-36-37-38-39-40-41-42-43-44-47-49-52-55-58-61-64-70(73)76-67-68(77-71(74)65-62-59-56-53-50-46-24-21-18-15-12-9-6-3)66-75-69(72)63-60-57-54-51-48-45-23-20-17-14-11-8-5-2/h7,10,16,19,21,24-26,28-29,68H,4-6,8-9,11-15,17-18,20,22-23,27,30-67H2,1-3H3/b10-7-,19-16-,24-21-,26-25-,29-28-. The molecule has 0 heterocycles. The van der Waals surface area contributed by atoms with E-state index in [0.717, 1.165) is 89.9 Å². The molecule has 0 amide bonds. The van der Waals surface area contributed by atoms with Crippen LogP contribution in [0.25, 0.3) is 0 Å². The highest BCUT2D eigenvalue weighted by Crippen LogP contribution is 2.18. The number of esters is 3. The Hall–Kier alpha value is -2.89. The molecule has 0 rings (SSSR count). The fourth-order valence-electron chi connectivity index (χ4n) is 9.96. The fourth-order valence-corrected chi connectivity index (χ4v) is 9.96. The van der Waals surface area contributed by atoms with Crippen LogP contribution in [0.5, 0.6) is 0 Å². The van der Waals surface area contributed by atoms with Crippen molar-refractivity contribution in [3.8, 4) is 0 Å². The monoisotopic (exact) mass is 1080 g/mol. The maximum atomic E-state index is 12.9. The zero-order valence-corrected chi connectivity index (χ0v) is 51.5. The van der Waals surface area contributed by atoms with Crippen LogP contribution in [-0.2, 0) is 28.6 Å². The number of rotatable bonds is 62. The third kappa shape index (κ3) is 63.8. The molecule has 0 aromatic rings. The summed E-state index contributed by atoms with van der Waals surface area (Å²) in [7, 11) is 0. The van der Waals surface area contributed by atoms with Gasteiger partial charge in [-0.15, -0.1) is 0 Å². The molecular weight excluding hydrogens is 949 g/mol. The Bertz CT molecular complexity index is 1380. The molecule has 6 heteroatoms. The average molecular weight is 1080 g/mol. The lowest BCUT2D eigenvalue weighted by molar-refractivity contribution is -0.167. The predicted octanol–water partition coefficient (Wildman–Crippen LogP) is 23.1. The highest BCUT2D eigenvalue weighted by molar-refractivity contribution is 5.71. The summed E-state index contributed by atoms with van der Waals surface area (Å²) in [6, 6.07) is 0. The molecule has 0 fully saturated rings. The summed E-state index contributed by atoms with van der Waals surface area (Å²) in [5.74, 6) is -0.858. The number of unbranched alkanes of at least 4 members (excludes halogenated alkanes) is 41. The maximum absolute atomic E-state index is 12.9. The maximum Gasteiger partial charge on any atom is 0.306 e. The summed E-state index contributed by atoms with van der Waals surface area (Å²) >= 11 is 0. The van der Waals surface area contributed by atoms with Gasteiger partial charge in [-0.3, -0.25) is 14.4 Å². The van der Waals surface area contributed by atoms with Crippen LogP contribution in [0.4, 0.5) is 0 Å². The number of hydrogen-bond acceptors (Lipinski definition) is 6. The Balaban J connectivity index is 4.07. The summed E-state index contributed by atoms with van der Waals surface area (Å²) in [5, 5.41) is 0. The first-order chi connectivity index (χ1) is 38.0. The topological polar surface area (TPSA) is 78.9 Å². The highest BCUT2D eigenvalue weighted by Gasteiger charge is 2.19. The molecule has 0 bridgehead atoms. The average Bonchev–Trinajstić information content (AvgIpc) is 3.43. The molecule has 0 saturated carbocycles. The van der Waals surface area contributed by atoms with Crippen LogP contribution in [0.3, 0.4) is 0 Å². The second-order valence-electron chi connectivity index (χ2n) is 22.7. The minimum Gasteiger partial charge on any atom is -0.462 e. The quantitative estimate of drug-likeness (QED) is 0.0261. The van der Waals surface area contributed by atoms with Gasteiger partial charge in [0.25, 0.3) is 0 Å². The fraction of sp³-hybridized carbons (Fsp3) is 0.817. The zero-order valence-electron chi connectivity index (χ0n) is 51.5. The normalized spacial score (nSPS) is 12.4. The van der Waals surface area contributed by atoms with E-state index in [1.54, 1.807) is 0 Å².